The molecule has 4 rings (SSSR count). The first-order valence-electron chi connectivity index (χ1n) is 9.99. The second kappa shape index (κ2) is 9.25. The topological polar surface area (TPSA) is 110 Å². The number of anilines is 1. The molecule has 1 saturated heterocycles. The van der Waals surface area contributed by atoms with Crippen molar-refractivity contribution in [2.24, 2.45) is 0 Å². The number of thioether (sulfide) groups is 1. The van der Waals surface area contributed by atoms with Crippen LogP contribution >= 0.6 is 11.8 Å². The molecule has 3 aromatic rings. The van der Waals surface area contributed by atoms with Crippen LogP contribution in [0.5, 0.6) is 0 Å². The van der Waals surface area contributed by atoms with Gasteiger partial charge in [0.1, 0.15) is 0 Å². The lowest BCUT2D eigenvalue weighted by Crippen LogP contribution is -2.28. The van der Waals surface area contributed by atoms with E-state index in [1.165, 1.54) is 22.1 Å². The van der Waals surface area contributed by atoms with E-state index in [1.54, 1.807) is 36.6 Å². The SMILES string of the molecule is CCn1c(SCC(=O)Nc2cccc(S(=O)(=O)N3CCCC3)c2)nnc1-c1ccco1. The zero-order valence-corrected chi connectivity index (χ0v) is 18.7. The fourth-order valence-corrected chi connectivity index (χ4v) is 5.77. The van der Waals surface area contributed by atoms with Crippen LogP contribution in [0.2, 0.25) is 0 Å². The summed E-state index contributed by atoms with van der Waals surface area (Å²) in [6.07, 6.45) is 3.32. The molecule has 1 N–H and O–H groups in total. The first-order chi connectivity index (χ1) is 15.0. The van der Waals surface area contributed by atoms with Crippen molar-refractivity contribution in [3.63, 3.8) is 0 Å². The highest BCUT2D eigenvalue weighted by Crippen LogP contribution is 2.25. The van der Waals surface area contributed by atoms with Crippen LogP contribution in [0, 0.1) is 0 Å². The van der Waals surface area contributed by atoms with Gasteiger partial charge in [-0.2, -0.15) is 4.31 Å². The van der Waals surface area contributed by atoms with E-state index >= 15 is 0 Å². The third-order valence-electron chi connectivity index (χ3n) is 4.93. The number of amides is 1. The van der Waals surface area contributed by atoms with Crippen LogP contribution in [0.15, 0.2) is 57.1 Å². The predicted octanol–water partition coefficient (Wildman–Crippen LogP) is 3.07. The van der Waals surface area contributed by atoms with Crippen molar-refractivity contribution in [3.8, 4) is 11.6 Å². The number of sulfonamides is 1. The standard InChI is InChI=1S/C20H23N5O4S2/c1-2-25-19(17-9-6-12-29-17)22-23-20(25)30-14-18(26)21-15-7-5-8-16(13-15)31(27,28)24-10-3-4-11-24/h5-9,12-13H,2-4,10-11,14H2,1H3,(H,21,26). The molecule has 0 saturated carbocycles. The zero-order valence-electron chi connectivity index (χ0n) is 17.0. The summed E-state index contributed by atoms with van der Waals surface area (Å²) >= 11 is 1.26. The first-order valence-corrected chi connectivity index (χ1v) is 12.4. The van der Waals surface area contributed by atoms with Crippen LogP contribution in [-0.4, -0.2) is 52.2 Å². The molecule has 0 aliphatic carbocycles. The van der Waals surface area contributed by atoms with E-state index in [1.807, 2.05) is 11.5 Å². The minimum Gasteiger partial charge on any atom is -0.461 e. The van der Waals surface area contributed by atoms with E-state index in [9.17, 15) is 13.2 Å². The average Bonchev–Trinajstić information content (AvgIpc) is 3.53. The van der Waals surface area contributed by atoms with E-state index in [0.29, 0.717) is 42.1 Å². The van der Waals surface area contributed by atoms with Crippen LogP contribution in [0.1, 0.15) is 19.8 Å². The highest BCUT2D eigenvalue weighted by molar-refractivity contribution is 7.99. The van der Waals surface area contributed by atoms with Crippen LogP contribution in [0.25, 0.3) is 11.6 Å². The maximum atomic E-state index is 12.7. The van der Waals surface area contributed by atoms with Gasteiger partial charge < -0.3 is 9.73 Å². The molecule has 1 amide bonds. The molecular formula is C20H23N5O4S2. The van der Waals surface area contributed by atoms with Gasteiger partial charge in [0.15, 0.2) is 16.7 Å². The fourth-order valence-electron chi connectivity index (χ4n) is 3.41. The molecule has 11 heteroatoms. The summed E-state index contributed by atoms with van der Waals surface area (Å²) in [7, 11) is -3.53. The lowest BCUT2D eigenvalue weighted by Gasteiger charge is -2.16. The number of nitrogens with zero attached hydrogens (tertiary/aromatic N) is 4. The van der Waals surface area contributed by atoms with E-state index in [2.05, 4.69) is 15.5 Å². The number of carbonyl (C=O) groups excluding carboxylic acids is 1. The second-order valence-electron chi connectivity index (χ2n) is 7.00. The number of aromatic nitrogens is 3. The molecule has 31 heavy (non-hydrogen) atoms. The number of hydrogen-bond donors (Lipinski definition) is 1. The number of rotatable bonds is 8. The number of furan rings is 1. The Hall–Kier alpha value is -2.63. The third kappa shape index (κ3) is 4.68. The van der Waals surface area contributed by atoms with Crippen molar-refractivity contribution in [2.45, 2.75) is 36.4 Å². The number of benzene rings is 1. The van der Waals surface area contributed by atoms with E-state index in [4.69, 9.17) is 4.42 Å². The van der Waals surface area contributed by atoms with Gasteiger partial charge in [-0.05, 0) is 50.1 Å². The summed E-state index contributed by atoms with van der Waals surface area (Å²) in [6, 6.07) is 9.95. The normalized spacial score (nSPS) is 14.7. The van der Waals surface area contributed by atoms with Gasteiger partial charge in [0.2, 0.25) is 15.9 Å². The summed E-state index contributed by atoms with van der Waals surface area (Å²) in [5, 5.41) is 11.7. The van der Waals surface area contributed by atoms with Gasteiger partial charge in [0, 0.05) is 25.3 Å². The van der Waals surface area contributed by atoms with Crippen LogP contribution < -0.4 is 5.32 Å². The molecule has 0 unspecified atom stereocenters. The molecule has 2 aromatic heterocycles. The molecule has 0 radical (unpaired) electrons. The molecule has 9 nitrogen and oxygen atoms in total. The minimum atomic E-state index is -3.53. The Morgan fingerprint density at radius 3 is 2.71 bits per heavy atom. The van der Waals surface area contributed by atoms with Gasteiger partial charge in [-0.15, -0.1) is 10.2 Å². The molecular weight excluding hydrogens is 438 g/mol. The van der Waals surface area contributed by atoms with E-state index < -0.39 is 10.0 Å². The molecule has 1 aliphatic heterocycles. The molecule has 3 heterocycles. The number of hydrogen-bond acceptors (Lipinski definition) is 7. The lowest BCUT2D eigenvalue weighted by atomic mass is 10.3. The smallest absolute Gasteiger partial charge is 0.243 e. The highest BCUT2D eigenvalue weighted by atomic mass is 32.2. The Labute approximate surface area is 184 Å². The summed E-state index contributed by atoms with van der Waals surface area (Å²) in [4.78, 5) is 12.7. The summed E-state index contributed by atoms with van der Waals surface area (Å²) in [6.45, 7) is 3.66. The predicted molar refractivity (Wildman–Crippen MR) is 117 cm³/mol. The Morgan fingerprint density at radius 1 is 1.19 bits per heavy atom. The van der Waals surface area contributed by atoms with Crippen molar-refractivity contribution in [1.82, 2.24) is 19.1 Å². The third-order valence-corrected chi connectivity index (χ3v) is 7.79. The van der Waals surface area contributed by atoms with Crippen molar-refractivity contribution >= 4 is 33.4 Å². The Balaban J connectivity index is 1.41. The number of carbonyl (C=O) groups is 1. The van der Waals surface area contributed by atoms with Crippen LogP contribution in [-0.2, 0) is 21.4 Å². The summed E-state index contributed by atoms with van der Waals surface area (Å²) < 4.78 is 34.2. The maximum absolute atomic E-state index is 12.7. The van der Waals surface area contributed by atoms with Crippen LogP contribution in [0.3, 0.4) is 0 Å². The quantitative estimate of drug-likeness (QED) is 0.513. The second-order valence-corrected chi connectivity index (χ2v) is 9.88. The average molecular weight is 462 g/mol. The largest absolute Gasteiger partial charge is 0.461 e. The number of nitrogens with one attached hydrogen (secondary N) is 1. The maximum Gasteiger partial charge on any atom is 0.243 e. The van der Waals surface area contributed by atoms with Crippen molar-refractivity contribution in [1.29, 1.82) is 0 Å². The lowest BCUT2D eigenvalue weighted by molar-refractivity contribution is -0.113. The van der Waals surface area contributed by atoms with Gasteiger partial charge in [-0.3, -0.25) is 9.36 Å². The summed E-state index contributed by atoms with van der Waals surface area (Å²) in [5.41, 5.74) is 0.444. The first kappa shape index (κ1) is 21.6. The minimum absolute atomic E-state index is 0.111. The van der Waals surface area contributed by atoms with Crippen LogP contribution in [0.4, 0.5) is 5.69 Å². The summed E-state index contributed by atoms with van der Waals surface area (Å²) in [5.74, 6) is 1.07. The fraction of sp³-hybridized carbons (Fsp3) is 0.350. The molecule has 164 valence electrons. The van der Waals surface area contributed by atoms with Gasteiger partial charge in [0.25, 0.3) is 0 Å². The van der Waals surface area contributed by atoms with Gasteiger partial charge in [0.05, 0.1) is 16.9 Å². The van der Waals surface area contributed by atoms with Gasteiger partial charge in [-0.1, -0.05) is 17.8 Å². The zero-order chi connectivity index (χ0) is 21.8. The molecule has 1 aromatic carbocycles. The van der Waals surface area contributed by atoms with Gasteiger partial charge in [-0.25, -0.2) is 8.42 Å². The molecule has 0 spiro atoms. The Bertz CT molecular complexity index is 1150. The van der Waals surface area contributed by atoms with E-state index in [0.717, 1.165) is 12.8 Å². The molecule has 0 atom stereocenters. The van der Waals surface area contributed by atoms with Gasteiger partial charge >= 0.3 is 0 Å². The monoisotopic (exact) mass is 461 g/mol. The molecule has 0 bridgehead atoms. The molecule has 1 fully saturated rings. The van der Waals surface area contributed by atoms with Crippen molar-refractivity contribution < 1.29 is 17.6 Å². The van der Waals surface area contributed by atoms with Crippen molar-refractivity contribution in [2.75, 3.05) is 24.2 Å². The Kier molecular flexibility index (Phi) is 6.44. The molecule has 1 aliphatic rings. The van der Waals surface area contributed by atoms with Crippen molar-refractivity contribution in [3.05, 3.63) is 42.7 Å². The Morgan fingerprint density at radius 2 is 2.00 bits per heavy atom. The highest BCUT2D eigenvalue weighted by Gasteiger charge is 2.27. The van der Waals surface area contributed by atoms with E-state index in [-0.39, 0.29) is 16.6 Å².